The van der Waals surface area contributed by atoms with Crippen molar-refractivity contribution in [1.82, 2.24) is 9.80 Å². The number of hydrogen-bond acceptors (Lipinski definition) is 2. The van der Waals surface area contributed by atoms with E-state index in [4.69, 9.17) is 0 Å². The summed E-state index contributed by atoms with van der Waals surface area (Å²) in [6.07, 6.45) is 4.36. The molecule has 1 fully saturated rings. The second-order valence-electron chi connectivity index (χ2n) is 5.43. The summed E-state index contributed by atoms with van der Waals surface area (Å²) < 4.78 is 0. The Labute approximate surface area is 121 Å². The minimum Gasteiger partial charge on any atom is -0.481 e. The van der Waals surface area contributed by atoms with E-state index in [1.807, 2.05) is 13.8 Å². The Morgan fingerprint density at radius 3 is 2.35 bits per heavy atom. The monoisotopic (exact) mass is 282 g/mol. The molecule has 2 amide bonds. The Morgan fingerprint density at radius 2 is 1.95 bits per heavy atom. The molecule has 0 aromatic carbocycles. The van der Waals surface area contributed by atoms with Gasteiger partial charge in [-0.05, 0) is 26.2 Å². The summed E-state index contributed by atoms with van der Waals surface area (Å²) in [4.78, 5) is 27.3. The van der Waals surface area contributed by atoms with E-state index >= 15 is 0 Å². The van der Waals surface area contributed by atoms with Crippen LogP contribution in [-0.4, -0.2) is 53.1 Å². The summed E-state index contributed by atoms with van der Waals surface area (Å²) in [6, 6.07) is -0.0112. The maximum Gasteiger partial charge on any atom is 0.320 e. The number of amides is 2. The van der Waals surface area contributed by atoms with Gasteiger partial charge < -0.3 is 14.9 Å². The van der Waals surface area contributed by atoms with Gasteiger partial charge in [0, 0.05) is 26.2 Å². The first-order valence-electron chi connectivity index (χ1n) is 7.39. The van der Waals surface area contributed by atoms with Gasteiger partial charge in [0.25, 0.3) is 0 Å². The zero-order chi connectivity index (χ0) is 15.2. The lowest BCUT2D eigenvalue weighted by Gasteiger charge is -2.40. The number of rotatable bonds is 6. The summed E-state index contributed by atoms with van der Waals surface area (Å²) in [5.74, 6) is -0.718. The quantitative estimate of drug-likeness (QED) is 0.762. The van der Waals surface area contributed by atoms with Gasteiger partial charge in [-0.25, -0.2) is 4.79 Å². The van der Waals surface area contributed by atoms with Crippen molar-refractivity contribution in [3.8, 4) is 0 Å². The lowest BCUT2D eigenvalue weighted by molar-refractivity contribution is -0.152. The number of aliphatic carboxylic acids is 1. The van der Waals surface area contributed by atoms with Gasteiger partial charge in [0.2, 0.25) is 0 Å². The summed E-state index contributed by atoms with van der Waals surface area (Å²) in [7, 11) is 0. The van der Waals surface area contributed by atoms with Crippen molar-refractivity contribution >= 4 is 12.0 Å². The number of carboxylic acid groups (broad SMARTS) is 1. The molecule has 0 aromatic rings. The molecule has 0 aliphatic carbocycles. The normalized spacial score (nSPS) is 17.6. The van der Waals surface area contributed by atoms with Gasteiger partial charge in [-0.15, -0.1) is 6.58 Å². The number of urea groups is 1. The molecule has 0 unspecified atom stereocenters. The maximum atomic E-state index is 12.3. The van der Waals surface area contributed by atoms with E-state index in [9.17, 15) is 14.7 Å². The van der Waals surface area contributed by atoms with Gasteiger partial charge in [-0.2, -0.15) is 0 Å². The number of carboxylic acids is 1. The van der Waals surface area contributed by atoms with Gasteiger partial charge in [0.1, 0.15) is 0 Å². The number of likely N-dealkylation sites (N-methyl/N-ethyl adjacent to an activating group) is 1. The van der Waals surface area contributed by atoms with Crippen LogP contribution in [0.15, 0.2) is 12.7 Å². The van der Waals surface area contributed by atoms with E-state index in [1.165, 1.54) is 0 Å². The third kappa shape index (κ3) is 3.52. The third-order valence-corrected chi connectivity index (χ3v) is 4.18. The SMILES string of the molecule is C=CCN(CC)C(=O)N1CCC(CCC)(C(=O)O)CC1. The number of hydrogen-bond donors (Lipinski definition) is 1. The highest BCUT2D eigenvalue weighted by Crippen LogP contribution is 2.36. The molecule has 0 spiro atoms. The Kier molecular flexibility index (Phi) is 6.05. The van der Waals surface area contributed by atoms with Crippen molar-refractivity contribution in [1.29, 1.82) is 0 Å². The highest BCUT2D eigenvalue weighted by molar-refractivity contribution is 5.77. The Balaban J connectivity index is 2.66. The van der Waals surface area contributed by atoms with E-state index in [0.29, 0.717) is 45.4 Å². The zero-order valence-electron chi connectivity index (χ0n) is 12.6. The molecule has 20 heavy (non-hydrogen) atoms. The number of nitrogens with zero attached hydrogens (tertiary/aromatic N) is 2. The molecule has 1 aliphatic heterocycles. The molecule has 0 saturated carbocycles. The number of carbonyl (C=O) groups excluding carboxylic acids is 1. The summed E-state index contributed by atoms with van der Waals surface area (Å²) in [6.45, 7) is 9.82. The van der Waals surface area contributed by atoms with Crippen molar-refractivity contribution in [2.75, 3.05) is 26.2 Å². The van der Waals surface area contributed by atoms with Crippen molar-refractivity contribution in [2.24, 2.45) is 5.41 Å². The van der Waals surface area contributed by atoms with Crippen LogP contribution >= 0.6 is 0 Å². The molecule has 1 N–H and O–H groups in total. The molecule has 0 aromatic heterocycles. The second kappa shape index (κ2) is 7.31. The van der Waals surface area contributed by atoms with E-state index in [0.717, 1.165) is 6.42 Å². The Bertz CT molecular complexity index is 360. The molecular formula is C15H26N2O3. The van der Waals surface area contributed by atoms with Crippen LogP contribution in [0.4, 0.5) is 4.79 Å². The maximum absolute atomic E-state index is 12.3. The van der Waals surface area contributed by atoms with Crippen LogP contribution in [0.2, 0.25) is 0 Å². The average Bonchev–Trinajstić information content (AvgIpc) is 2.45. The van der Waals surface area contributed by atoms with Crippen LogP contribution in [0.1, 0.15) is 39.5 Å². The second-order valence-corrected chi connectivity index (χ2v) is 5.43. The lowest BCUT2D eigenvalue weighted by Crippen LogP contribution is -2.50. The van der Waals surface area contributed by atoms with Crippen molar-refractivity contribution < 1.29 is 14.7 Å². The zero-order valence-corrected chi connectivity index (χ0v) is 12.6. The molecule has 5 heteroatoms. The number of carbonyl (C=O) groups is 2. The van der Waals surface area contributed by atoms with Crippen LogP contribution in [0.3, 0.4) is 0 Å². The standard InChI is InChI=1S/C15H26N2O3/c1-4-7-15(13(18)19)8-11-17(12-9-15)14(20)16(6-3)10-5-2/h5H,2,4,6-12H2,1,3H3,(H,18,19). The number of piperidine rings is 1. The van der Waals surface area contributed by atoms with E-state index in [2.05, 4.69) is 6.58 Å². The third-order valence-electron chi connectivity index (χ3n) is 4.18. The molecule has 1 saturated heterocycles. The van der Waals surface area contributed by atoms with Crippen LogP contribution in [0.25, 0.3) is 0 Å². The van der Waals surface area contributed by atoms with Crippen LogP contribution in [0.5, 0.6) is 0 Å². The molecule has 1 rings (SSSR count). The fourth-order valence-corrected chi connectivity index (χ4v) is 2.87. The van der Waals surface area contributed by atoms with Crippen LogP contribution < -0.4 is 0 Å². The molecular weight excluding hydrogens is 256 g/mol. The highest BCUT2D eigenvalue weighted by atomic mass is 16.4. The molecule has 1 aliphatic rings. The van der Waals surface area contributed by atoms with Crippen molar-refractivity contribution in [3.05, 3.63) is 12.7 Å². The van der Waals surface area contributed by atoms with Gasteiger partial charge >= 0.3 is 12.0 Å². The van der Waals surface area contributed by atoms with Crippen LogP contribution in [0, 0.1) is 5.41 Å². The lowest BCUT2D eigenvalue weighted by atomic mass is 9.75. The van der Waals surface area contributed by atoms with Crippen molar-refractivity contribution in [3.63, 3.8) is 0 Å². The van der Waals surface area contributed by atoms with Crippen LogP contribution in [-0.2, 0) is 4.79 Å². The van der Waals surface area contributed by atoms with Gasteiger partial charge in [0.05, 0.1) is 5.41 Å². The largest absolute Gasteiger partial charge is 0.481 e. The topological polar surface area (TPSA) is 60.9 Å². The minimum atomic E-state index is -0.718. The summed E-state index contributed by atoms with van der Waals surface area (Å²) in [5.41, 5.74) is -0.638. The van der Waals surface area contributed by atoms with Gasteiger partial charge in [-0.1, -0.05) is 19.4 Å². The highest BCUT2D eigenvalue weighted by Gasteiger charge is 2.41. The predicted molar refractivity (Wildman–Crippen MR) is 78.6 cm³/mol. The fourth-order valence-electron chi connectivity index (χ4n) is 2.87. The minimum absolute atomic E-state index is 0.0112. The molecule has 114 valence electrons. The van der Waals surface area contributed by atoms with E-state index < -0.39 is 11.4 Å². The molecule has 0 bridgehead atoms. The first-order chi connectivity index (χ1) is 9.50. The first-order valence-corrected chi connectivity index (χ1v) is 7.39. The smallest absolute Gasteiger partial charge is 0.320 e. The van der Waals surface area contributed by atoms with E-state index in [1.54, 1.807) is 15.9 Å². The predicted octanol–water partition coefficient (Wildman–Crippen LogP) is 2.58. The van der Waals surface area contributed by atoms with E-state index in [-0.39, 0.29) is 6.03 Å². The average molecular weight is 282 g/mol. The molecule has 1 heterocycles. The van der Waals surface area contributed by atoms with Crippen molar-refractivity contribution in [2.45, 2.75) is 39.5 Å². The Morgan fingerprint density at radius 1 is 1.35 bits per heavy atom. The number of likely N-dealkylation sites (tertiary alicyclic amines) is 1. The molecule has 0 atom stereocenters. The Hall–Kier alpha value is -1.52. The summed E-state index contributed by atoms with van der Waals surface area (Å²) >= 11 is 0. The summed E-state index contributed by atoms with van der Waals surface area (Å²) in [5, 5.41) is 9.46. The first kappa shape index (κ1) is 16.5. The van der Waals surface area contributed by atoms with Gasteiger partial charge in [-0.3, -0.25) is 4.79 Å². The molecule has 5 nitrogen and oxygen atoms in total. The molecule has 0 radical (unpaired) electrons. The fraction of sp³-hybridized carbons (Fsp3) is 0.733. The van der Waals surface area contributed by atoms with Gasteiger partial charge in [0.15, 0.2) is 0 Å².